The van der Waals surface area contributed by atoms with E-state index in [9.17, 15) is 0 Å². The van der Waals surface area contributed by atoms with Gasteiger partial charge in [0.25, 0.3) is 0 Å². The van der Waals surface area contributed by atoms with Crippen molar-refractivity contribution >= 4 is 7.85 Å². The van der Waals surface area contributed by atoms with Crippen LogP contribution in [0, 0.1) is 0 Å². The summed E-state index contributed by atoms with van der Waals surface area (Å²) in [5, 5.41) is 0.601. The molecule has 0 fully saturated rings. The minimum atomic E-state index is 0.601. The van der Waals surface area contributed by atoms with Crippen LogP contribution in [-0.4, -0.2) is 7.85 Å². The van der Waals surface area contributed by atoms with Crippen LogP contribution < -0.4 is 0 Å². The van der Waals surface area contributed by atoms with Crippen molar-refractivity contribution in [2.75, 3.05) is 0 Å². The molecule has 0 saturated heterocycles. The first-order valence-corrected chi connectivity index (χ1v) is 6.12. The highest BCUT2D eigenvalue weighted by atomic mass is 14.2. The predicted octanol–water partition coefficient (Wildman–Crippen LogP) is 3.96. The summed E-state index contributed by atoms with van der Waals surface area (Å²) >= 11 is 0. The van der Waals surface area contributed by atoms with E-state index in [1.807, 2.05) is 0 Å². The molecule has 1 heteroatoms. The lowest BCUT2D eigenvalue weighted by atomic mass is 9.64. The van der Waals surface area contributed by atoms with Crippen molar-refractivity contribution in [3.05, 3.63) is 0 Å². The number of unbranched alkanes of at least 4 members (excludes halogenated alkanes) is 4. The summed E-state index contributed by atoms with van der Waals surface area (Å²) in [6, 6.07) is 0. The van der Waals surface area contributed by atoms with Gasteiger partial charge in [0.1, 0.15) is 7.85 Å². The summed E-state index contributed by atoms with van der Waals surface area (Å²) in [6.07, 6.45) is 11.2. The molecule has 0 bridgehead atoms. The van der Waals surface area contributed by atoms with Crippen LogP contribution in [0.2, 0.25) is 5.31 Å². The summed E-state index contributed by atoms with van der Waals surface area (Å²) in [5.74, 6) is 0. The number of rotatable bonds is 8. The smallest absolute Gasteiger partial charge is 0.0669 e. The van der Waals surface area contributed by atoms with E-state index >= 15 is 0 Å². The highest BCUT2D eigenvalue weighted by Gasteiger charge is 2.15. The fourth-order valence-corrected chi connectivity index (χ4v) is 1.81. The first-order chi connectivity index (χ1) is 6.12. The second kappa shape index (κ2) is 7.47. The molecule has 0 aromatic rings. The molecule has 0 aromatic carbocycles. The average Bonchev–Trinajstić information content (AvgIpc) is 2.09. The van der Waals surface area contributed by atoms with Crippen LogP contribution in [0.5, 0.6) is 0 Å². The standard InChI is InChI=1S/C12H27B/c1-4-6-8-9-11-12(3,13)10-7-5-2/h4-11,13H2,1-3H3. The molecule has 13 heavy (non-hydrogen) atoms. The highest BCUT2D eigenvalue weighted by molar-refractivity contribution is 6.14. The Morgan fingerprint density at radius 3 is 1.92 bits per heavy atom. The molecular weight excluding hydrogens is 155 g/mol. The van der Waals surface area contributed by atoms with Gasteiger partial charge in [-0.25, -0.2) is 0 Å². The van der Waals surface area contributed by atoms with Gasteiger partial charge in [-0.2, -0.15) is 0 Å². The Morgan fingerprint density at radius 2 is 1.38 bits per heavy atom. The second-order valence-electron chi connectivity index (χ2n) is 5.08. The first kappa shape index (κ1) is 13.1. The summed E-state index contributed by atoms with van der Waals surface area (Å²) in [4.78, 5) is 0. The summed E-state index contributed by atoms with van der Waals surface area (Å²) < 4.78 is 0. The SMILES string of the molecule is BC(C)(CCCC)CCCCCC. The van der Waals surface area contributed by atoms with Crippen molar-refractivity contribution in [1.82, 2.24) is 0 Å². The number of hydrogen-bond acceptors (Lipinski definition) is 0. The zero-order valence-electron chi connectivity index (χ0n) is 10.2. The molecule has 0 amide bonds. The quantitative estimate of drug-likeness (QED) is 0.393. The van der Waals surface area contributed by atoms with E-state index < -0.39 is 0 Å². The Labute approximate surface area is 85.9 Å². The molecule has 78 valence electrons. The van der Waals surface area contributed by atoms with Crippen molar-refractivity contribution in [3.63, 3.8) is 0 Å². The molecule has 0 nitrogen and oxygen atoms in total. The molecule has 0 spiro atoms. The average molecular weight is 182 g/mol. The van der Waals surface area contributed by atoms with Crippen LogP contribution in [0.25, 0.3) is 0 Å². The van der Waals surface area contributed by atoms with E-state index in [1.165, 1.54) is 51.4 Å². The van der Waals surface area contributed by atoms with Crippen molar-refractivity contribution in [2.24, 2.45) is 0 Å². The largest absolute Gasteiger partial charge is 0.109 e. The van der Waals surface area contributed by atoms with E-state index in [4.69, 9.17) is 0 Å². The summed E-state index contributed by atoms with van der Waals surface area (Å²) in [6.45, 7) is 6.99. The van der Waals surface area contributed by atoms with E-state index in [0.717, 1.165) is 0 Å². The van der Waals surface area contributed by atoms with E-state index in [2.05, 4.69) is 28.6 Å². The minimum absolute atomic E-state index is 0.601. The Hall–Kier alpha value is 0.0649. The maximum Gasteiger partial charge on any atom is 0.109 e. The van der Waals surface area contributed by atoms with Gasteiger partial charge in [-0.1, -0.05) is 77.5 Å². The molecule has 0 aliphatic rings. The zero-order chi connectivity index (χ0) is 10.2. The lowest BCUT2D eigenvalue weighted by molar-refractivity contribution is 0.465. The van der Waals surface area contributed by atoms with Gasteiger partial charge >= 0.3 is 0 Å². The van der Waals surface area contributed by atoms with Crippen molar-refractivity contribution in [3.8, 4) is 0 Å². The molecule has 1 unspecified atom stereocenters. The van der Waals surface area contributed by atoms with Gasteiger partial charge in [-0.15, -0.1) is 0 Å². The minimum Gasteiger partial charge on any atom is -0.0669 e. The van der Waals surface area contributed by atoms with Crippen LogP contribution in [-0.2, 0) is 0 Å². The van der Waals surface area contributed by atoms with Gasteiger partial charge < -0.3 is 0 Å². The third kappa shape index (κ3) is 8.40. The van der Waals surface area contributed by atoms with Crippen molar-refractivity contribution in [2.45, 2.75) is 77.5 Å². The van der Waals surface area contributed by atoms with Crippen LogP contribution in [0.4, 0.5) is 0 Å². The monoisotopic (exact) mass is 182 g/mol. The first-order valence-electron chi connectivity index (χ1n) is 6.12. The fraction of sp³-hybridized carbons (Fsp3) is 1.00. The third-order valence-electron chi connectivity index (χ3n) is 2.91. The van der Waals surface area contributed by atoms with Gasteiger partial charge in [0, 0.05) is 0 Å². The highest BCUT2D eigenvalue weighted by Crippen LogP contribution is 2.34. The van der Waals surface area contributed by atoms with E-state index in [1.54, 1.807) is 0 Å². The molecule has 1 atom stereocenters. The van der Waals surface area contributed by atoms with Gasteiger partial charge in [-0.3, -0.25) is 0 Å². The molecule has 0 rings (SSSR count). The van der Waals surface area contributed by atoms with Gasteiger partial charge in [0.2, 0.25) is 0 Å². The molecule has 0 radical (unpaired) electrons. The maximum absolute atomic E-state index is 2.43. The predicted molar refractivity (Wildman–Crippen MR) is 65.2 cm³/mol. The molecule has 0 saturated carbocycles. The molecule has 0 aliphatic heterocycles. The fourth-order valence-electron chi connectivity index (χ4n) is 1.81. The maximum atomic E-state index is 2.43. The lowest BCUT2D eigenvalue weighted by Gasteiger charge is -2.24. The normalized spacial score (nSPS) is 15.6. The van der Waals surface area contributed by atoms with Crippen LogP contribution >= 0.6 is 0 Å². The molecule has 0 heterocycles. The Bertz CT molecular complexity index is 108. The lowest BCUT2D eigenvalue weighted by Crippen LogP contribution is -2.07. The van der Waals surface area contributed by atoms with E-state index in [-0.39, 0.29) is 0 Å². The molecule has 0 N–H and O–H groups in total. The number of hydrogen-bond donors (Lipinski definition) is 0. The second-order valence-corrected chi connectivity index (χ2v) is 5.08. The topological polar surface area (TPSA) is 0 Å². The molecule has 0 aromatic heterocycles. The summed E-state index contributed by atoms with van der Waals surface area (Å²) in [7, 11) is 2.43. The molecule has 0 aliphatic carbocycles. The van der Waals surface area contributed by atoms with Crippen molar-refractivity contribution < 1.29 is 0 Å². The Balaban J connectivity index is 3.39. The van der Waals surface area contributed by atoms with Crippen LogP contribution in [0.3, 0.4) is 0 Å². The Morgan fingerprint density at radius 1 is 0.846 bits per heavy atom. The van der Waals surface area contributed by atoms with Crippen LogP contribution in [0.1, 0.15) is 72.1 Å². The van der Waals surface area contributed by atoms with Gasteiger partial charge in [0.05, 0.1) is 0 Å². The van der Waals surface area contributed by atoms with Gasteiger partial charge in [-0.05, 0) is 0 Å². The Kier molecular flexibility index (Phi) is 7.50. The summed E-state index contributed by atoms with van der Waals surface area (Å²) in [5.41, 5.74) is 0. The van der Waals surface area contributed by atoms with Crippen molar-refractivity contribution in [1.29, 1.82) is 0 Å². The zero-order valence-corrected chi connectivity index (χ0v) is 10.2. The molecular formula is C12H27B. The van der Waals surface area contributed by atoms with E-state index in [0.29, 0.717) is 5.31 Å². The third-order valence-corrected chi connectivity index (χ3v) is 2.91. The van der Waals surface area contributed by atoms with Gasteiger partial charge in [0.15, 0.2) is 0 Å². The van der Waals surface area contributed by atoms with Crippen LogP contribution in [0.15, 0.2) is 0 Å².